The Morgan fingerprint density at radius 3 is 2.57 bits per heavy atom. The Labute approximate surface area is 88.9 Å². The van der Waals surface area contributed by atoms with Gasteiger partial charge in [-0.05, 0) is 44.6 Å². The number of piperidine rings is 1. The van der Waals surface area contributed by atoms with Gasteiger partial charge in [-0.3, -0.25) is 0 Å². The van der Waals surface area contributed by atoms with Crippen LogP contribution in [0.25, 0.3) is 0 Å². The van der Waals surface area contributed by atoms with Gasteiger partial charge in [0.05, 0.1) is 0 Å². The SMILES string of the molecule is CC[C@H](C)N1CC[C@H]2CCCC[C@H]2C1. The van der Waals surface area contributed by atoms with Crippen LogP contribution in [-0.2, 0) is 0 Å². The zero-order chi connectivity index (χ0) is 9.97. The fraction of sp³-hybridized carbons (Fsp3) is 1.00. The molecule has 3 atom stereocenters. The van der Waals surface area contributed by atoms with E-state index in [0.29, 0.717) is 0 Å². The molecule has 1 aliphatic carbocycles. The van der Waals surface area contributed by atoms with Crippen molar-refractivity contribution in [3.63, 3.8) is 0 Å². The van der Waals surface area contributed by atoms with E-state index in [1.165, 1.54) is 51.6 Å². The predicted octanol–water partition coefficient (Wildman–Crippen LogP) is 3.30. The van der Waals surface area contributed by atoms with Crippen LogP contribution in [0, 0.1) is 11.8 Å². The lowest BCUT2D eigenvalue weighted by Gasteiger charge is -2.43. The van der Waals surface area contributed by atoms with Gasteiger partial charge in [-0.1, -0.05) is 26.2 Å². The lowest BCUT2D eigenvalue weighted by molar-refractivity contribution is 0.0608. The molecule has 0 amide bonds. The molecule has 1 nitrogen and oxygen atoms in total. The van der Waals surface area contributed by atoms with Crippen LogP contribution in [0.3, 0.4) is 0 Å². The second-order valence-corrected chi connectivity index (χ2v) is 5.35. The third-order valence-electron chi connectivity index (χ3n) is 4.54. The lowest BCUT2D eigenvalue weighted by atomic mass is 9.75. The average Bonchev–Trinajstić information content (AvgIpc) is 2.27. The van der Waals surface area contributed by atoms with Gasteiger partial charge in [-0.2, -0.15) is 0 Å². The van der Waals surface area contributed by atoms with Crippen LogP contribution in [0.15, 0.2) is 0 Å². The Morgan fingerprint density at radius 2 is 1.86 bits per heavy atom. The maximum atomic E-state index is 2.73. The third kappa shape index (κ3) is 2.13. The van der Waals surface area contributed by atoms with Crippen LogP contribution < -0.4 is 0 Å². The Balaban J connectivity index is 1.89. The van der Waals surface area contributed by atoms with Crippen molar-refractivity contribution in [2.24, 2.45) is 11.8 Å². The lowest BCUT2D eigenvalue weighted by Crippen LogP contribution is -2.45. The third-order valence-corrected chi connectivity index (χ3v) is 4.54. The molecule has 0 aromatic rings. The van der Waals surface area contributed by atoms with Crippen LogP contribution in [0.5, 0.6) is 0 Å². The summed E-state index contributed by atoms with van der Waals surface area (Å²) in [6, 6.07) is 0.817. The van der Waals surface area contributed by atoms with Crippen molar-refractivity contribution in [3.8, 4) is 0 Å². The first-order valence-electron chi connectivity index (χ1n) is 6.55. The van der Waals surface area contributed by atoms with Crippen LogP contribution in [-0.4, -0.2) is 24.0 Å². The van der Waals surface area contributed by atoms with E-state index in [2.05, 4.69) is 18.7 Å². The quantitative estimate of drug-likeness (QED) is 0.653. The summed E-state index contributed by atoms with van der Waals surface area (Å²) in [6.07, 6.45) is 8.84. The number of likely N-dealkylation sites (tertiary alicyclic amines) is 1. The summed E-state index contributed by atoms with van der Waals surface area (Å²) in [6.45, 7) is 7.48. The van der Waals surface area contributed by atoms with E-state index in [0.717, 1.165) is 17.9 Å². The van der Waals surface area contributed by atoms with Gasteiger partial charge < -0.3 is 4.90 Å². The highest BCUT2D eigenvalue weighted by Crippen LogP contribution is 2.36. The van der Waals surface area contributed by atoms with Crippen molar-refractivity contribution in [3.05, 3.63) is 0 Å². The van der Waals surface area contributed by atoms with Gasteiger partial charge >= 0.3 is 0 Å². The number of nitrogens with zero attached hydrogens (tertiary/aromatic N) is 1. The molecule has 2 rings (SSSR count). The van der Waals surface area contributed by atoms with Gasteiger partial charge in [0.15, 0.2) is 0 Å². The first-order chi connectivity index (χ1) is 6.81. The van der Waals surface area contributed by atoms with E-state index in [4.69, 9.17) is 0 Å². The molecule has 14 heavy (non-hydrogen) atoms. The minimum Gasteiger partial charge on any atom is -0.300 e. The molecule has 0 aromatic heterocycles. The molecule has 2 fully saturated rings. The van der Waals surface area contributed by atoms with Gasteiger partial charge in [-0.25, -0.2) is 0 Å². The van der Waals surface area contributed by atoms with E-state index in [1.54, 1.807) is 0 Å². The van der Waals surface area contributed by atoms with Crippen LogP contribution in [0.1, 0.15) is 52.4 Å². The van der Waals surface area contributed by atoms with Gasteiger partial charge in [0.25, 0.3) is 0 Å². The van der Waals surface area contributed by atoms with Crippen molar-refractivity contribution in [1.29, 1.82) is 0 Å². The summed E-state index contributed by atoms with van der Waals surface area (Å²) in [5.41, 5.74) is 0. The van der Waals surface area contributed by atoms with Crippen molar-refractivity contribution >= 4 is 0 Å². The molecule has 1 heteroatoms. The number of fused-ring (bicyclic) bond motifs is 1. The highest BCUT2D eigenvalue weighted by Gasteiger charge is 2.32. The smallest absolute Gasteiger partial charge is 0.00644 e. The first-order valence-corrected chi connectivity index (χ1v) is 6.55. The monoisotopic (exact) mass is 195 g/mol. The normalized spacial score (nSPS) is 36.4. The summed E-state index contributed by atoms with van der Waals surface area (Å²) in [5, 5.41) is 0. The van der Waals surface area contributed by atoms with Crippen molar-refractivity contribution in [2.45, 2.75) is 58.4 Å². The highest BCUT2D eigenvalue weighted by atomic mass is 15.2. The second kappa shape index (κ2) is 4.65. The van der Waals surface area contributed by atoms with Crippen molar-refractivity contribution in [2.75, 3.05) is 13.1 Å². The Hall–Kier alpha value is -0.0400. The van der Waals surface area contributed by atoms with Gasteiger partial charge in [0.2, 0.25) is 0 Å². The zero-order valence-corrected chi connectivity index (χ0v) is 9.84. The minimum atomic E-state index is 0.817. The topological polar surface area (TPSA) is 3.24 Å². The number of hydrogen-bond acceptors (Lipinski definition) is 1. The standard InChI is InChI=1S/C13H25N/c1-3-11(2)14-9-8-12-6-4-5-7-13(12)10-14/h11-13H,3-10H2,1-2H3/t11-,12+,13-/m0/s1. The molecule has 1 saturated heterocycles. The molecule has 0 spiro atoms. The van der Waals surface area contributed by atoms with E-state index >= 15 is 0 Å². The number of hydrogen-bond donors (Lipinski definition) is 0. The molecule has 0 radical (unpaired) electrons. The van der Waals surface area contributed by atoms with Crippen LogP contribution in [0.2, 0.25) is 0 Å². The van der Waals surface area contributed by atoms with Crippen molar-refractivity contribution < 1.29 is 0 Å². The highest BCUT2D eigenvalue weighted by molar-refractivity contribution is 4.85. The summed E-state index contributed by atoms with van der Waals surface area (Å²) >= 11 is 0. The van der Waals surface area contributed by atoms with Gasteiger partial charge in [-0.15, -0.1) is 0 Å². The predicted molar refractivity (Wildman–Crippen MR) is 61.4 cm³/mol. The van der Waals surface area contributed by atoms with Crippen LogP contribution in [0.4, 0.5) is 0 Å². The fourth-order valence-corrected chi connectivity index (χ4v) is 3.29. The molecule has 0 bridgehead atoms. The summed E-state index contributed by atoms with van der Waals surface area (Å²) < 4.78 is 0. The molecule has 1 heterocycles. The second-order valence-electron chi connectivity index (χ2n) is 5.35. The molecule has 1 aliphatic heterocycles. The molecule has 0 N–H and O–H groups in total. The van der Waals surface area contributed by atoms with Gasteiger partial charge in [0, 0.05) is 12.6 Å². The van der Waals surface area contributed by atoms with E-state index < -0.39 is 0 Å². The van der Waals surface area contributed by atoms with E-state index in [-0.39, 0.29) is 0 Å². The fourth-order valence-electron chi connectivity index (χ4n) is 3.29. The molecular formula is C13H25N. The Morgan fingerprint density at radius 1 is 1.14 bits per heavy atom. The van der Waals surface area contributed by atoms with Crippen LogP contribution >= 0.6 is 0 Å². The van der Waals surface area contributed by atoms with E-state index in [1.807, 2.05) is 0 Å². The van der Waals surface area contributed by atoms with Gasteiger partial charge in [0.1, 0.15) is 0 Å². The zero-order valence-electron chi connectivity index (χ0n) is 9.84. The molecule has 0 unspecified atom stereocenters. The van der Waals surface area contributed by atoms with E-state index in [9.17, 15) is 0 Å². The Bertz CT molecular complexity index is 178. The Kier molecular flexibility index (Phi) is 3.48. The first kappa shape index (κ1) is 10.5. The molecule has 1 saturated carbocycles. The molecule has 0 aromatic carbocycles. The molecule has 2 aliphatic rings. The number of rotatable bonds is 2. The summed E-state index contributed by atoms with van der Waals surface area (Å²) in [5.74, 6) is 2.13. The summed E-state index contributed by atoms with van der Waals surface area (Å²) in [4.78, 5) is 2.73. The molecule has 82 valence electrons. The van der Waals surface area contributed by atoms with Crippen molar-refractivity contribution in [1.82, 2.24) is 4.90 Å². The maximum absolute atomic E-state index is 2.73. The largest absolute Gasteiger partial charge is 0.300 e. The maximum Gasteiger partial charge on any atom is 0.00644 e. The summed E-state index contributed by atoms with van der Waals surface area (Å²) in [7, 11) is 0. The minimum absolute atomic E-state index is 0.817. The molecular weight excluding hydrogens is 170 g/mol. The average molecular weight is 195 g/mol.